The number of hydrogen-bond donors (Lipinski definition) is 3. The van der Waals surface area contributed by atoms with Gasteiger partial charge in [-0.2, -0.15) is 0 Å². The van der Waals surface area contributed by atoms with Crippen molar-refractivity contribution in [1.82, 2.24) is 15.5 Å². The van der Waals surface area contributed by atoms with Crippen LogP contribution in [0.25, 0.3) is 5.70 Å². The van der Waals surface area contributed by atoms with Crippen molar-refractivity contribution >= 4 is 11.4 Å². The smallest absolute Gasteiger partial charge is 0.219 e. The van der Waals surface area contributed by atoms with Gasteiger partial charge in [-0.3, -0.25) is 9.80 Å². The van der Waals surface area contributed by atoms with E-state index in [1.807, 2.05) is 0 Å². The van der Waals surface area contributed by atoms with Crippen molar-refractivity contribution in [3.8, 4) is 0 Å². The molecular weight excluding hydrogens is 406 g/mol. The van der Waals surface area contributed by atoms with Gasteiger partial charge in [0.1, 0.15) is 6.17 Å². The first kappa shape index (κ1) is 20.6. The number of hydrogen-bond acceptors (Lipinski definition) is 5. The summed E-state index contributed by atoms with van der Waals surface area (Å²) in [6.07, 6.45) is 12.0. The Morgan fingerprint density at radius 2 is 1.73 bits per heavy atom. The highest BCUT2D eigenvalue weighted by Gasteiger charge is 2.36. The third-order valence-corrected chi connectivity index (χ3v) is 7.53. The van der Waals surface area contributed by atoms with Crippen LogP contribution in [-0.2, 0) is 5.54 Å². The number of dihydropyridines is 1. The molecule has 33 heavy (non-hydrogen) atoms. The first-order valence-electron chi connectivity index (χ1n) is 12.2. The van der Waals surface area contributed by atoms with Crippen LogP contribution in [0.15, 0.2) is 78.0 Å². The maximum Gasteiger partial charge on any atom is 0.219 e. The minimum Gasteiger partial charge on any atom is -0.336 e. The number of rotatable bonds is 4. The summed E-state index contributed by atoms with van der Waals surface area (Å²) in [5.41, 5.74) is 13.5. The molecule has 0 radical (unpaired) electrons. The van der Waals surface area contributed by atoms with Gasteiger partial charge in [-0.25, -0.2) is 0 Å². The lowest BCUT2D eigenvalue weighted by atomic mass is 9.72. The van der Waals surface area contributed by atoms with Gasteiger partial charge in [0.05, 0.1) is 23.8 Å². The molecule has 6 rings (SSSR count). The number of allylic oxidation sites excluding steroid dienone is 1. The van der Waals surface area contributed by atoms with Gasteiger partial charge in [-0.05, 0) is 55.2 Å². The first-order chi connectivity index (χ1) is 16.2. The second-order valence-corrected chi connectivity index (χ2v) is 9.62. The Labute approximate surface area is 196 Å². The van der Waals surface area contributed by atoms with Crippen LogP contribution in [-0.4, -0.2) is 43.8 Å². The van der Waals surface area contributed by atoms with Gasteiger partial charge in [-0.1, -0.05) is 18.2 Å². The van der Waals surface area contributed by atoms with Gasteiger partial charge >= 0.3 is 0 Å². The number of piperazine rings is 1. The second-order valence-electron chi connectivity index (χ2n) is 9.62. The van der Waals surface area contributed by atoms with Gasteiger partial charge in [0.2, 0.25) is 11.4 Å². The standard InChI is InChI=1S/C28H32N5/c29-28(13-4-14-28)23-10-7-21(8-11-23)26-19-25-22(20-33(26)24-5-2-1-3-6-24)9-12-27(31-25)32-17-15-30-16-18-32/h1-3,5-12,27,30-31H,4,13-18,20,29H2/q+1. The molecule has 168 valence electrons. The molecule has 1 unspecified atom stereocenters. The van der Waals surface area contributed by atoms with E-state index in [1.54, 1.807) is 0 Å². The molecule has 2 fully saturated rings. The summed E-state index contributed by atoms with van der Waals surface area (Å²) in [4.78, 5) is 4.86. The van der Waals surface area contributed by atoms with E-state index in [1.165, 1.54) is 28.8 Å². The summed E-state index contributed by atoms with van der Waals surface area (Å²) < 4.78 is 0. The Hall–Kier alpha value is -2.95. The molecule has 4 N–H and O–H groups in total. The molecule has 1 aliphatic carbocycles. The van der Waals surface area contributed by atoms with Crippen LogP contribution < -0.4 is 21.3 Å². The maximum absolute atomic E-state index is 6.58. The van der Waals surface area contributed by atoms with Crippen molar-refractivity contribution in [2.75, 3.05) is 37.6 Å². The summed E-state index contributed by atoms with van der Waals surface area (Å²) in [5, 5.41) is 7.21. The highest BCUT2D eigenvalue weighted by molar-refractivity contribution is 5.82. The molecule has 0 aromatic heterocycles. The van der Waals surface area contributed by atoms with Crippen LogP contribution >= 0.6 is 0 Å². The molecule has 1 saturated carbocycles. The molecule has 0 bridgehead atoms. The van der Waals surface area contributed by atoms with E-state index in [4.69, 9.17) is 5.73 Å². The van der Waals surface area contributed by atoms with Crippen molar-refractivity contribution in [3.63, 3.8) is 0 Å². The third-order valence-electron chi connectivity index (χ3n) is 7.53. The van der Waals surface area contributed by atoms with Crippen molar-refractivity contribution in [2.24, 2.45) is 5.73 Å². The normalized spacial score (nSPS) is 24.3. The number of benzene rings is 2. The zero-order valence-electron chi connectivity index (χ0n) is 19.1. The van der Waals surface area contributed by atoms with Crippen molar-refractivity contribution in [3.05, 3.63) is 95.2 Å². The Bertz CT molecular complexity index is 1090. The minimum atomic E-state index is -0.135. The fraction of sp³-hybridized carbons (Fsp3) is 0.357. The number of nitrogens with one attached hydrogen (secondary N) is 2. The van der Waals surface area contributed by atoms with E-state index < -0.39 is 0 Å². The van der Waals surface area contributed by atoms with Crippen LogP contribution in [0.5, 0.6) is 0 Å². The quantitative estimate of drug-likeness (QED) is 0.640. The molecule has 3 heterocycles. The van der Waals surface area contributed by atoms with Gasteiger partial charge in [0.25, 0.3) is 0 Å². The number of nitrogens with two attached hydrogens (primary N) is 1. The Morgan fingerprint density at radius 1 is 0.970 bits per heavy atom. The van der Waals surface area contributed by atoms with Crippen molar-refractivity contribution < 1.29 is 0 Å². The Balaban J connectivity index is 1.33. The van der Waals surface area contributed by atoms with E-state index in [-0.39, 0.29) is 11.7 Å². The maximum atomic E-state index is 6.58. The highest BCUT2D eigenvalue weighted by atomic mass is 15.3. The van der Waals surface area contributed by atoms with E-state index in [9.17, 15) is 0 Å². The second kappa shape index (κ2) is 8.44. The lowest BCUT2D eigenvalue weighted by Gasteiger charge is -2.38. The average Bonchev–Trinajstić information content (AvgIpc) is 2.87. The molecule has 4 aliphatic rings. The lowest BCUT2D eigenvalue weighted by molar-refractivity contribution is 0.184. The number of para-hydroxylation sites is 1. The predicted molar refractivity (Wildman–Crippen MR) is 134 cm³/mol. The summed E-state index contributed by atoms with van der Waals surface area (Å²) in [6.45, 7) is 5.01. The topological polar surface area (TPSA) is 56.6 Å². The van der Waals surface area contributed by atoms with Crippen LogP contribution in [0.3, 0.4) is 0 Å². The molecule has 5 nitrogen and oxygen atoms in total. The third kappa shape index (κ3) is 3.88. The largest absolute Gasteiger partial charge is 0.336 e. The SMILES string of the molecule is NC1(c2ccc(C3=[C+]C4=C(C=CC(N5CCNCC5)N4)CN3c3ccccc3)cc2)CCC1. The summed E-state index contributed by atoms with van der Waals surface area (Å²) in [5.74, 6) is 0. The van der Waals surface area contributed by atoms with Crippen LogP contribution in [0.4, 0.5) is 5.69 Å². The predicted octanol–water partition coefficient (Wildman–Crippen LogP) is 3.33. The zero-order valence-corrected chi connectivity index (χ0v) is 19.1. The van der Waals surface area contributed by atoms with Gasteiger partial charge in [0.15, 0.2) is 0 Å². The minimum absolute atomic E-state index is 0.135. The fourth-order valence-corrected chi connectivity index (χ4v) is 5.30. The van der Waals surface area contributed by atoms with Crippen molar-refractivity contribution in [1.29, 1.82) is 0 Å². The molecular formula is C28H32N5+. The Kier molecular flexibility index (Phi) is 5.28. The lowest BCUT2D eigenvalue weighted by Crippen LogP contribution is -2.53. The van der Waals surface area contributed by atoms with Gasteiger partial charge < -0.3 is 16.4 Å². The van der Waals surface area contributed by atoms with Crippen LogP contribution in [0, 0.1) is 6.08 Å². The molecule has 2 aromatic rings. The molecule has 1 saturated heterocycles. The molecule has 2 aromatic carbocycles. The van der Waals surface area contributed by atoms with Crippen molar-refractivity contribution in [2.45, 2.75) is 31.0 Å². The van der Waals surface area contributed by atoms with Gasteiger partial charge in [-0.15, -0.1) is 0 Å². The average molecular weight is 439 g/mol. The monoisotopic (exact) mass is 438 g/mol. The molecule has 3 aliphatic heterocycles. The van der Waals surface area contributed by atoms with E-state index in [0.717, 1.165) is 57.0 Å². The zero-order chi connectivity index (χ0) is 22.3. The number of nitrogens with zero attached hydrogens (tertiary/aromatic N) is 2. The molecule has 1 atom stereocenters. The fourth-order valence-electron chi connectivity index (χ4n) is 5.30. The van der Waals surface area contributed by atoms with E-state index >= 15 is 0 Å². The van der Waals surface area contributed by atoms with E-state index in [0.29, 0.717) is 0 Å². The first-order valence-corrected chi connectivity index (χ1v) is 12.2. The van der Waals surface area contributed by atoms with Crippen LogP contribution in [0.2, 0.25) is 0 Å². The summed E-state index contributed by atoms with van der Waals surface area (Å²) in [6, 6.07) is 19.5. The molecule has 0 amide bonds. The summed E-state index contributed by atoms with van der Waals surface area (Å²) >= 11 is 0. The molecule has 5 heteroatoms. The number of anilines is 1. The Morgan fingerprint density at radius 3 is 2.42 bits per heavy atom. The highest BCUT2D eigenvalue weighted by Crippen LogP contribution is 2.40. The van der Waals surface area contributed by atoms with Crippen LogP contribution in [0.1, 0.15) is 30.4 Å². The summed E-state index contributed by atoms with van der Waals surface area (Å²) in [7, 11) is 0. The molecule has 0 spiro atoms. The van der Waals surface area contributed by atoms with Gasteiger partial charge in [0, 0.05) is 55.6 Å². The van der Waals surface area contributed by atoms with E-state index in [2.05, 4.69) is 93.3 Å².